The van der Waals surface area contributed by atoms with Gasteiger partial charge in [-0.25, -0.2) is 4.79 Å². The van der Waals surface area contributed by atoms with Gasteiger partial charge in [0.1, 0.15) is 18.5 Å². The number of nitrogens with one attached hydrogen (secondary N) is 1. The van der Waals surface area contributed by atoms with E-state index in [9.17, 15) is 14.7 Å². The first-order valence-electron chi connectivity index (χ1n) is 9.57. The van der Waals surface area contributed by atoms with Gasteiger partial charge in [0.25, 0.3) is 5.91 Å². The monoisotopic (exact) mass is 439 g/mol. The van der Waals surface area contributed by atoms with E-state index in [1.165, 1.54) is 13.2 Å². The lowest BCUT2D eigenvalue weighted by Gasteiger charge is -2.23. The highest BCUT2D eigenvalue weighted by molar-refractivity contribution is 6.32. The van der Waals surface area contributed by atoms with Crippen molar-refractivity contribution in [3.05, 3.63) is 101 Å². The van der Waals surface area contributed by atoms with Gasteiger partial charge in [-0.1, -0.05) is 66.2 Å². The van der Waals surface area contributed by atoms with Gasteiger partial charge in [0.2, 0.25) is 0 Å². The number of esters is 1. The zero-order valence-electron chi connectivity index (χ0n) is 16.8. The molecule has 3 rings (SSSR count). The second kappa shape index (κ2) is 10.6. The number of rotatable bonds is 8. The highest BCUT2D eigenvalue weighted by atomic mass is 35.5. The lowest BCUT2D eigenvalue weighted by molar-refractivity contribution is -0.146. The lowest BCUT2D eigenvalue weighted by Crippen LogP contribution is -2.45. The van der Waals surface area contributed by atoms with Crippen molar-refractivity contribution in [1.29, 1.82) is 0 Å². The summed E-state index contributed by atoms with van der Waals surface area (Å²) >= 11 is 6.32. The molecule has 160 valence electrons. The van der Waals surface area contributed by atoms with Crippen LogP contribution in [0.5, 0.6) is 5.75 Å². The number of aliphatic hydroxyl groups is 1. The van der Waals surface area contributed by atoms with E-state index in [0.29, 0.717) is 23.5 Å². The summed E-state index contributed by atoms with van der Waals surface area (Å²) in [6, 6.07) is 21.4. The Morgan fingerprint density at radius 3 is 2.26 bits per heavy atom. The number of aliphatic hydroxyl groups excluding tert-OH is 1. The molecule has 0 bridgehead atoms. The first-order chi connectivity index (χ1) is 15.0. The summed E-state index contributed by atoms with van der Waals surface area (Å²) in [5, 5.41) is 13.6. The topological polar surface area (TPSA) is 84.9 Å². The van der Waals surface area contributed by atoms with Crippen LogP contribution in [0.25, 0.3) is 0 Å². The van der Waals surface area contributed by atoms with E-state index in [1.807, 2.05) is 30.3 Å². The minimum Gasteiger partial charge on any atom is -0.487 e. The van der Waals surface area contributed by atoms with Crippen molar-refractivity contribution in [2.75, 3.05) is 7.11 Å². The molecular weight excluding hydrogens is 418 g/mol. The summed E-state index contributed by atoms with van der Waals surface area (Å²) in [5.74, 6) is -0.856. The molecule has 31 heavy (non-hydrogen) atoms. The molecule has 0 aromatic heterocycles. The third kappa shape index (κ3) is 5.84. The van der Waals surface area contributed by atoms with Crippen LogP contribution in [0.3, 0.4) is 0 Å². The van der Waals surface area contributed by atoms with Crippen molar-refractivity contribution in [3.63, 3.8) is 0 Å². The third-order valence-corrected chi connectivity index (χ3v) is 4.92. The van der Waals surface area contributed by atoms with Crippen LogP contribution in [-0.4, -0.2) is 30.1 Å². The molecule has 2 atom stereocenters. The molecule has 1 amide bonds. The largest absolute Gasteiger partial charge is 0.487 e. The van der Waals surface area contributed by atoms with Gasteiger partial charge in [-0.3, -0.25) is 4.79 Å². The van der Waals surface area contributed by atoms with Gasteiger partial charge in [0.05, 0.1) is 12.1 Å². The maximum absolute atomic E-state index is 12.5. The fourth-order valence-electron chi connectivity index (χ4n) is 2.95. The van der Waals surface area contributed by atoms with Crippen LogP contribution in [0.15, 0.2) is 78.9 Å². The molecule has 6 nitrogen and oxygen atoms in total. The molecule has 0 fully saturated rings. The van der Waals surface area contributed by atoms with E-state index in [-0.39, 0.29) is 5.02 Å². The number of ether oxygens (including phenoxy) is 2. The highest BCUT2D eigenvalue weighted by Gasteiger charge is 2.31. The van der Waals surface area contributed by atoms with Crippen LogP contribution in [0.4, 0.5) is 0 Å². The van der Waals surface area contributed by atoms with Gasteiger partial charge in [-0.15, -0.1) is 0 Å². The van der Waals surface area contributed by atoms with Crippen LogP contribution >= 0.6 is 11.6 Å². The van der Waals surface area contributed by atoms with E-state index < -0.39 is 24.0 Å². The first kappa shape index (κ1) is 22.3. The lowest BCUT2D eigenvalue weighted by atomic mass is 10.0. The van der Waals surface area contributed by atoms with E-state index in [4.69, 9.17) is 21.1 Å². The van der Waals surface area contributed by atoms with Gasteiger partial charge in [-0.2, -0.15) is 0 Å². The molecule has 0 aliphatic rings. The second-order valence-electron chi connectivity index (χ2n) is 6.75. The van der Waals surface area contributed by atoms with E-state index in [2.05, 4.69) is 5.32 Å². The molecule has 3 aromatic rings. The van der Waals surface area contributed by atoms with Crippen molar-refractivity contribution in [1.82, 2.24) is 5.32 Å². The molecule has 0 heterocycles. The minimum atomic E-state index is -1.37. The summed E-state index contributed by atoms with van der Waals surface area (Å²) in [4.78, 5) is 24.7. The van der Waals surface area contributed by atoms with Crippen molar-refractivity contribution < 1.29 is 24.2 Å². The summed E-state index contributed by atoms with van der Waals surface area (Å²) in [5.41, 5.74) is 1.67. The smallest absolute Gasteiger partial charge is 0.331 e. The Hall–Kier alpha value is -3.35. The molecular formula is C24H22ClNO5. The molecule has 0 unspecified atom stereocenters. The Balaban J connectivity index is 1.74. The molecule has 7 heteroatoms. The number of methoxy groups -OCH3 is 1. The van der Waals surface area contributed by atoms with Crippen LogP contribution in [0.1, 0.15) is 27.6 Å². The summed E-state index contributed by atoms with van der Waals surface area (Å²) in [7, 11) is 1.18. The van der Waals surface area contributed by atoms with Crippen molar-refractivity contribution in [2.24, 2.45) is 0 Å². The fraction of sp³-hybridized carbons (Fsp3) is 0.167. The second-order valence-corrected chi connectivity index (χ2v) is 7.16. The molecule has 2 N–H and O–H groups in total. The van der Waals surface area contributed by atoms with Crippen LogP contribution in [-0.2, 0) is 16.1 Å². The SMILES string of the molecule is COC(=O)[C@@H](NC(=O)c1ccccc1)[C@@H](O)c1ccc(OCc2ccccc2)c(Cl)c1. The first-order valence-corrected chi connectivity index (χ1v) is 9.95. The number of carbonyl (C=O) groups excluding carboxylic acids is 2. The van der Waals surface area contributed by atoms with Crippen LogP contribution < -0.4 is 10.1 Å². The molecule has 0 spiro atoms. The molecule has 0 aliphatic carbocycles. The van der Waals surface area contributed by atoms with Gasteiger partial charge < -0.3 is 19.9 Å². The van der Waals surface area contributed by atoms with Gasteiger partial charge in [-0.05, 0) is 35.4 Å². The summed E-state index contributed by atoms with van der Waals surface area (Å²) in [6.07, 6.45) is -1.37. The molecule has 0 aliphatic heterocycles. The molecule has 0 saturated carbocycles. The van der Waals surface area contributed by atoms with Gasteiger partial charge in [0, 0.05) is 5.56 Å². The van der Waals surface area contributed by atoms with Crippen molar-refractivity contribution in [3.8, 4) is 5.75 Å². The standard InChI is InChI=1S/C24H22ClNO5/c1-30-24(29)21(26-23(28)17-10-6-3-7-11-17)22(27)18-12-13-20(19(25)14-18)31-15-16-8-4-2-5-9-16/h2-14,21-22,27H,15H2,1H3,(H,26,28)/t21-,22-/m0/s1. The van der Waals surface area contributed by atoms with E-state index >= 15 is 0 Å². The zero-order chi connectivity index (χ0) is 22.2. The predicted octanol–water partition coefficient (Wildman–Crippen LogP) is 3.92. The molecule has 3 aromatic carbocycles. The van der Waals surface area contributed by atoms with Gasteiger partial charge >= 0.3 is 5.97 Å². The summed E-state index contributed by atoms with van der Waals surface area (Å²) in [6.45, 7) is 0.334. The van der Waals surface area contributed by atoms with Crippen LogP contribution in [0, 0.1) is 0 Å². The summed E-state index contributed by atoms with van der Waals surface area (Å²) < 4.78 is 10.5. The average Bonchev–Trinajstić information content (AvgIpc) is 2.81. The maximum Gasteiger partial charge on any atom is 0.331 e. The van der Waals surface area contributed by atoms with Crippen LogP contribution in [0.2, 0.25) is 5.02 Å². The van der Waals surface area contributed by atoms with Crippen molar-refractivity contribution >= 4 is 23.5 Å². The minimum absolute atomic E-state index is 0.269. The Labute approximate surface area is 185 Å². The van der Waals surface area contributed by atoms with E-state index in [0.717, 1.165) is 5.56 Å². The predicted molar refractivity (Wildman–Crippen MR) is 117 cm³/mol. The fourth-order valence-corrected chi connectivity index (χ4v) is 3.20. The number of carbonyl (C=O) groups is 2. The highest BCUT2D eigenvalue weighted by Crippen LogP contribution is 2.30. The number of halogens is 1. The number of benzene rings is 3. The normalized spacial score (nSPS) is 12.5. The number of amides is 1. The van der Waals surface area contributed by atoms with Crippen molar-refractivity contribution in [2.45, 2.75) is 18.8 Å². The third-order valence-electron chi connectivity index (χ3n) is 4.63. The average molecular weight is 440 g/mol. The quantitative estimate of drug-likeness (QED) is 0.519. The Bertz CT molecular complexity index is 1030. The number of hydrogen-bond donors (Lipinski definition) is 2. The molecule has 0 saturated heterocycles. The van der Waals surface area contributed by atoms with E-state index in [1.54, 1.807) is 42.5 Å². The maximum atomic E-state index is 12.5. The Kier molecular flexibility index (Phi) is 7.65. The Morgan fingerprint density at radius 1 is 1.00 bits per heavy atom. The Morgan fingerprint density at radius 2 is 1.65 bits per heavy atom. The van der Waals surface area contributed by atoms with Gasteiger partial charge in [0.15, 0.2) is 6.04 Å². The molecule has 0 radical (unpaired) electrons. The number of hydrogen-bond acceptors (Lipinski definition) is 5. The zero-order valence-corrected chi connectivity index (χ0v) is 17.6.